The quantitative estimate of drug-likeness (QED) is 0.765. The molecule has 3 aromatic rings. The number of aromatic nitrogens is 6. The van der Waals surface area contributed by atoms with Crippen LogP contribution in [0.1, 0.15) is 19.4 Å². The monoisotopic (exact) mass is 349 g/mol. The van der Waals surface area contributed by atoms with Gasteiger partial charge in [0.15, 0.2) is 5.65 Å². The van der Waals surface area contributed by atoms with Crippen LogP contribution in [0.3, 0.4) is 0 Å². The molecule has 3 rings (SSSR count). The number of anilines is 1. The summed E-state index contributed by atoms with van der Waals surface area (Å²) in [6, 6.07) is 3.75. The second-order valence-electron chi connectivity index (χ2n) is 5.28. The Morgan fingerprint density at radius 3 is 2.95 bits per heavy atom. The first kappa shape index (κ1) is 14.0. The molecule has 110 valence electrons. The first-order chi connectivity index (χ1) is 10.1. The molecule has 8 heteroatoms. The number of nitrogens with zero attached hydrogens (tertiary/aromatic N) is 6. The lowest BCUT2D eigenvalue weighted by Gasteiger charge is -2.05. The molecule has 0 aliphatic carbocycles. The van der Waals surface area contributed by atoms with Crippen molar-refractivity contribution in [3.63, 3.8) is 0 Å². The summed E-state index contributed by atoms with van der Waals surface area (Å²) in [5.41, 5.74) is 1.83. The van der Waals surface area contributed by atoms with Crippen molar-refractivity contribution in [2.24, 2.45) is 5.92 Å². The molecule has 1 N–H and O–H groups in total. The van der Waals surface area contributed by atoms with Crippen molar-refractivity contribution >= 4 is 27.4 Å². The van der Waals surface area contributed by atoms with E-state index in [1.165, 1.54) is 0 Å². The third-order valence-corrected chi connectivity index (χ3v) is 3.43. The van der Waals surface area contributed by atoms with E-state index in [1.54, 1.807) is 4.52 Å². The third-order valence-electron chi connectivity index (χ3n) is 2.94. The maximum atomic E-state index is 4.41. The van der Waals surface area contributed by atoms with Crippen LogP contribution in [0.4, 0.5) is 5.82 Å². The fourth-order valence-corrected chi connectivity index (χ4v) is 2.36. The lowest BCUT2D eigenvalue weighted by atomic mass is 10.2. The molecule has 0 amide bonds. The molecule has 0 fully saturated rings. The molecule has 0 radical (unpaired) electrons. The maximum absolute atomic E-state index is 4.41. The number of halogens is 1. The predicted octanol–water partition coefficient (Wildman–Crippen LogP) is 2.35. The normalized spacial score (nSPS) is 11.4. The van der Waals surface area contributed by atoms with Crippen LogP contribution < -0.4 is 5.32 Å². The van der Waals surface area contributed by atoms with E-state index in [0.29, 0.717) is 22.8 Å². The zero-order valence-electron chi connectivity index (χ0n) is 11.9. The maximum Gasteiger partial charge on any atom is 0.221 e. The minimum Gasteiger partial charge on any atom is -0.364 e. The van der Waals surface area contributed by atoms with E-state index in [4.69, 9.17) is 0 Å². The average molecular weight is 350 g/mol. The summed E-state index contributed by atoms with van der Waals surface area (Å²) < 4.78 is 4.20. The molecule has 0 saturated heterocycles. The second kappa shape index (κ2) is 5.80. The summed E-state index contributed by atoms with van der Waals surface area (Å²) >= 11 is 3.31. The number of fused-ring (bicyclic) bond motifs is 1. The van der Waals surface area contributed by atoms with Gasteiger partial charge in [0.25, 0.3) is 0 Å². The van der Waals surface area contributed by atoms with Crippen molar-refractivity contribution in [1.29, 1.82) is 0 Å². The Hall–Kier alpha value is -1.96. The molecule has 0 saturated carbocycles. The molecule has 0 aliphatic heterocycles. The van der Waals surface area contributed by atoms with Gasteiger partial charge in [-0.1, -0.05) is 13.8 Å². The molecule has 0 unspecified atom stereocenters. The molecule has 3 aromatic heterocycles. The minimum absolute atomic E-state index is 0.584. The van der Waals surface area contributed by atoms with E-state index in [0.717, 1.165) is 17.9 Å². The SMILES string of the molecule is CC(C)Cn1cc(CNc2ccc3nnc(Br)n3n2)cn1. The van der Waals surface area contributed by atoms with Gasteiger partial charge >= 0.3 is 0 Å². The highest BCUT2D eigenvalue weighted by molar-refractivity contribution is 9.10. The van der Waals surface area contributed by atoms with Crippen LogP contribution >= 0.6 is 15.9 Å². The molecular formula is C13H16BrN7. The molecule has 7 nitrogen and oxygen atoms in total. The van der Waals surface area contributed by atoms with Crippen molar-refractivity contribution < 1.29 is 0 Å². The molecule has 0 aliphatic rings. The molecule has 0 bridgehead atoms. The van der Waals surface area contributed by atoms with E-state index < -0.39 is 0 Å². The van der Waals surface area contributed by atoms with Crippen molar-refractivity contribution in [3.05, 3.63) is 34.8 Å². The van der Waals surface area contributed by atoms with E-state index in [-0.39, 0.29) is 0 Å². The summed E-state index contributed by atoms with van der Waals surface area (Å²) in [6.07, 6.45) is 3.93. The third kappa shape index (κ3) is 3.21. The summed E-state index contributed by atoms with van der Waals surface area (Å²) in [5.74, 6) is 1.35. The average Bonchev–Trinajstić information content (AvgIpc) is 3.03. The Kier molecular flexibility index (Phi) is 3.87. The smallest absolute Gasteiger partial charge is 0.221 e. The summed E-state index contributed by atoms with van der Waals surface area (Å²) in [7, 11) is 0. The Labute approximate surface area is 130 Å². The van der Waals surface area contributed by atoms with Crippen LogP contribution in [0.5, 0.6) is 0 Å². The summed E-state index contributed by atoms with van der Waals surface area (Å²) in [4.78, 5) is 0. The largest absolute Gasteiger partial charge is 0.364 e. The van der Waals surface area contributed by atoms with Crippen molar-refractivity contribution in [1.82, 2.24) is 29.6 Å². The zero-order valence-corrected chi connectivity index (χ0v) is 13.4. The Morgan fingerprint density at radius 2 is 2.14 bits per heavy atom. The van der Waals surface area contributed by atoms with Gasteiger partial charge in [0.05, 0.1) is 6.20 Å². The molecule has 0 spiro atoms. The summed E-state index contributed by atoms with van der Waals surface area (Å²) in [6.45, 7) is 5.96. The van der Waals surface area contributed by atoms with Gasteiger partial charge in [-0.2, -0.15) is 9.61 Å². The van der Waals surface area contributed by atoms with Crippen molar-refractivity contribution in [2.45, 2.75) is 26.9 Å². The van der Waals surface area contributed by atoms with Gasteiger partial charge in [0.1, 0.15) is 5.82 Å². The Bertz CT molecular complexity index is 746. The van der Waals surface area contributed by atoms with Gasteiger partial charge in [-0.25, -0.2) is 0 Å². The Balaban J connectivity index is 1.68. The van der Waals surface area contributed by atoms with Crippen molar-refractivity contribution in [2.75, 3.05) is 5.32 Å². The number of hydrogen-bond donors (Lipinski definition) is 1. The number of hydrogen-bond acceptors (Lipinski definition) is 5. The second-order valence-corrected chi connectivity index (χ2v) is 5.98. The minimum atomic E-state index is 0.584. The topological polar surface area (TPSA) is 72.9 Å². The molecule has 21 heavy (non-hydrogen) atoms. The van der Waals surface area contributed by atoms with E-state index >= 15 is 0 Å². The Morgan fingerprint density at radius 1 is 1.29 bits per heavy atom. The summed E-state index contributed by atoms with van der Waals surface area (Å²) in [5, 5.41) is 19.9. The van der Waals surface area contributed by atoms with E-state index in [1.807, 2.05) is 23.0 Å². The lowest BCUT2D eigenvalue weighted by molar-refractivity contribution is 0.483. The highest BCUT2D eigenvalue weighted by atomic mass is 79.9. The standard InChI is InChI=1S/C13H16BrN7/c1-9(2)7-20-8-10(6-16-20)5-15-11-3-4-12-17-18-13(14)21(12)19-11/h3-4,6,8-9H,5,7H2,1-2H3,(H,15,19). The van der Waals surface area contributed by atoms with Crippen LogP contribution in [0.15, 0.2) is 29.3 Å². The van der Waals surface area contributed by atoms with Gasteiger partial charge in [0.2, 0.25) is 4.73 Å². The van der Waals surface area contributed by atoms with Crippen molar-refractivity contribution in [3.8, 4) is 0 Å². The van der Waals surface area contributed by atoms with E-state index in [2.05, 4.69) is 61.7 Å². The molecule has 0 atom stereocenters. The zero-order chi connectivity index (χ0) is 14.8. The number of nitrogens with one attached hydrogen (secondary N) is 1. The van der Waals surface area contributed by atoms with Gasteiger partial charge in [-0.15, -0.1) is 15.3 Å². The lowest BCUT2D eigenvalue weighted by Crippen LogP contribution is -2.05. The first-order valence-electron chi connectivity index (χ1n) is 6.75. The van der Waals surface area contributed by atoms with Gasteiger partial charge in [0, 0.05) is 24.8 Å². The van der Waals surface area contributed by atoms with Crippen LogP contribution in [0, 0.1) is 5.92 Å². The predicted molar refractivity (Wildman–Crippen MR) is 82.9 cm³/mol. The van der Waals surface area contributed by atoms with Crippen LogP contribution in [0.25, 0.3) is 5.65 Å². The van der Waals surface area contributed by atoms with Crippen LogP contribution in [-0.4, -0.2) is 29.6 Å². The fraction of sp³-hybridized carbons (Fsp3) is 0.385. The number of rotatable bonds is 5. The highest BCUT2D eigenvalue weighted by Gasteiger charge is 2.05. The highest BCUT2D eigenvalue weighted by Crippen LogP contribution is 2.12. The fourth-order valence-electron chi connectivity index (χ4n) is 2.02. The first-order valence-corrected chi connectivity index (χ1v) is 7.54. The van der Waals surface area contributed by atoms with Crippen LogP contribution in [0.2, 0.25) is 0 Å². The van der Waals surface area contributed by atoms with Gasteiger partial charge in [-0.05, 0) is 34.0 Å². The molecule has 0 aromatic carbocycles. The van der Waals surface area contributed by atoms with Gasteiger partial charge in [-0.3, -0.25) is 4.68 Å². The molecular weight excluding hydrogens is 334 g/mol. The van der Waals surface area contributed by atoms with Gasteiger partial charge < -0.3 is 5.32 Å². The molecule has 3 heterocycles. The van der Waals surface area contributed by atoms with E-state index in [9.17, 15) is 0 Å². The van der Waals surface area contributed by atoms with Crippen LogP contribution in [-0.2, 0) is 13.1 Å².